The van der Waals surface area contributed by atoms with E-state index in [4.69, 9.17) is 22.4 Å². The van der Waals surface area contributed by atoms with E-state index in [0.717, 1.165) is 16.8 Å². The Hall–Kier alpha value is -3.16. The van der Waals surface area contributed by atoms with E-state index < -0.39 is 22.9 Å². The number of carbonyl (C=O) groups excluding carboxylic acids is 2. The van der Waals surface area contributed by atoms with Crippen LogP contribution in [0.4, 0.5) is 4.39 Å². The predicted molar refractivity (Wildman–Crippen MR) is 163 cm³/mol. The molecule has 0 radical (unpaired) electrons. The van der Waals surface area contributed by atoms with Gasteiger partial charge in [0, 0.05) is 72.2 Å². The maximum Gasteiger partial charge on any atom is 0.251 e. The summed E-state index contributed by atoms with van der Waals surface area (Å²) in [7, 11) is -1.16. The number of rotatable bonds is 10. The lowest BCUT2D eigenvalue weighted by Crippen LogP contribution is -2.43. The lowest BCUT2D eigenvalue weighted by molar-refractivity contribution is -0.123. The number of aliphatic hydroxyl groups is 1. The summed E-state index contributed by atoms with van der Waals surface area (Å²) in [5.41, 5.74) is 9.91. The van der Waals surface area contributed by atoms with Gasteiger partial charge in [-0.1, -0.05) is 17.7 Å². The van der Waals surface area contributed by atoms with Crippen LogP contribution < -0.4 is 11.1 Å². The highest BCUT2D eigenvalue weighted by Gasteiger charge is 2.29. The van der Waals surface area contributed by atoms with E-state index >= 15 is 0 Å². The van der Waals surface area contributed by atoms with Gasteiger partial charge in [-0.05, 0) is 67.9 Å². The fraction of sp³-hybridized carbons (Fsp3) is 0.433. The molecule has 43 heavy (non-hydrogen) atoms. The van der Waals surface area contributed by atoms with Crippen LogP contribution in [0.3, 0.4) is 0 Å². The second kappa shape index (κ2) is 13.6. The zero-order chi connectivity index (χ0) is 30.7. The average molecular weight is 631 g/mol. The van der Waals surface area contributed by atoms with Gasteiger partial charge in [0.25, 0.3) is 5.91 Å². The Labute approximate surface area is 257 Å². The smallest absolute Gasteiger partial charge is 0.251 e. The van der Waals surface area contributed by atoms with Crippen LogP contribution in [0.15, 0.2) is 42.5 Å². The molecule has 10 nitrogen and oxygen atoms in total. The minimum absolute atomic E-state index is 0.110. The number of carbonyl (C=O) groups is 2. The van der Waals surface area contributed by atoms with Gasteiger partial charge in [-0.15, -0.1) is 0 Å². The third-order valence-electron chi connectivity index (χ3n) is 8.17. The number of likely N-dealkylation sites (tertiary alicyclic amines) is 1. The number of β-amino-alcohol motifs (C(OH)–C–C–N with tert-alkyl or cyclic N) is 1. The number of nitrogens with two attached hydrogens (primary N) is 1. The lowest BCUT2D eigenvalue weighted by atomic mass is 9.96. The SMILES string of the molecule is CS(=O)N1CCc2c(c(-c3ccc(Cl)c(CNC(=O)c4ccc(F)cc4)c3)nn2CC(O)CN2CCC(C(N)=O)CC2)C1. The molecular weight excluding hydrogens is 595 g/mol. The van der Waals surface area contributed by atoms with Crippen LogP contribution in [0.5, 0.6) is 0 Å². The zero-order valence-electron chi connectivity index (χ0n) is 24.0. The molecule has 4 N–H and O–H groups in total. The minimum Gasteiger partial charge on any atom is -0.390 e. The Bertz CT molecular complexity index is 1510. The van der Waals surface area contributed by atoms with E-state index in [1.165, 1.54) is 24.3 Å². The summed E-state index contributed by atoms with van der Waals surface area (Å²) in [5, 5.41) is 19.3. The largest absolute Gasteiger partial charge is 0.390 e. The number of aromatic nitrogens is 2. The third kappa shape index (κ3) is 7.50. The van der Waals surface area contributed by atoms with Gasteiger partial charge in [0.2, 0.25) is 5.91 Å². The third-order valence-corrected chi connectivity index (χ3v) is 9.58. The van der Waals surface area contributed by atoms with Crippen molar-refractivity contribution in [3.8, 4) is 11.3 Å². The highest BCUT2D eigenvalue weighted by molar-refractivity contribution is 7.81. The van der Waals surface area contributed by atoms with E-state index in [1.54, 1.807) is 12.3 Å². The molecule has 2 unspecified atom stereocenters. The number of fused-ring (bicyclic) bond motifs is 1. The monoisotopic (exact) mass is 630 g/mol. The summed E-state index contributed by atoms with van der Waals surface area (Å²) in [4.78, 5) is 26.3. The molecule has 1 saturated heterocycles. The zero-order valence-corrected chi connectivity index (χ0v) is 25.5. The number of nitrogens with one attached hydrogen (secondary N) is 1. The van der Waals surface area contributed by atoms with Crippen molar-refractivity contribution in [2.24, 2.45) is 11.7 Å². The quantitative estimate of drug-likeness (QED) is 0.315. The van der Waals surface area contributed by atoms with E-state index in [0.29, 0.717) is 80.4 Å². The van der Waals surface area contributed by atoms with Crippen molar-refractivity contribution in [1.82, 2.24) is 24.3 Å². The normalized spacial score (nSPS) is 17.8. The highest BCUT2D eigenvalue weighted by atomic mass is 35.5. The van der Waals surface area contributed by atoms with Crippen molar-refractivity contribution >= 4 is 34.4 Å². The minimum atomic E-state index is -1.16. The second-order valence-electron chi connectivity index (χ2n) is 11.1. The number of hydrogen-bond donors (Lipinski definition) is 3. The van der Waals surface area contributed by atoms with Gasteiger partial charge in [0.15, 0.2) is 0 Å². The molecule has 0 bridgehead atoms. The molecule has 5 rings (SSSR count). The summed E-state index contributed by atoms with van der Waals surface area (Å²) in [5.74, 6) is -1.14. The molecule has 2 aromatic carbocycles. The first kappa shape index (κ1) is 31.3. The molecule has 1 fully saturated rings. The summed E-state index contributed by atoms with van der Waals surface area (Å²) in [6, 6.07) is 10.8. The fourth-order valence-corrected chi connectivity index (χ4v) is 6.60. The molecule has 2 amide bonds. The Kier molecular flexibility index (Phi) is 9.92. The van der Waals surface area contributed by atoms with E-state index in [2.05, 4.69) is 10.2 Å². The standard InChI is InChI=1S/C30H36ClFN6O4S/c1-43(42)37-13-10-27-25(18-37)28(35-38(27)17-24(39)16-36-11-8-19(9-12-36)29(33)40)21-4-7-26(31)22(14-21)15-34-30(41)20-2-5-23(32)6-3-20/h2-7,14,19,24,39H,8-13,15-18H2,1H3,(H2,33,40)(H,34,41). The van der Waals surface area contributed by atoms with Crippen LogP contribution in [0.25, 0.3) is 11.3 Å². The lowest BCUT2D eigenvalue weighted by Gasteiger charge is -2.32. The van der Waals surface area contributed by atoms with Crippen LogP contribution in [0.1, 0.15) is 40.0 Å². The van der Waals surface area contributed by atoms with Gasteiger partial charge in [-0.25, -0.2) is 12.9 Å². The van der Waals surface area contributed by atoms with Crippen molar-refractivity contribution in [3.63, 3.8) is 0 Å². The molecule has 0 spiro atoms. The number of primary amides is 1. The van der Waals surface area contributed by atoms with Gasteiger partial charge in [0.05, 0.1) is 29.3 Å². The fourth-order valence-electron chi connectivity index (χ4n) is 5.76. The van der Waals surface area contributed by atoms with Crippen molar-refractivity contribution in [2.45, 2.75) is 45.0 Å². The molecular formula is C30H36ClFN6O4S. The van der Waals surface area contributed by atoms with E-state index in [-0.39, 0.29) is 24.3 Å². The molecule has 2 atom stereocenters. The summed E-state index contributed by atoms with van der Waals surface area (Å²) in [6.07, 6.45) is 2.99. The number of nitrogens with zero attached hydrogens (tertiary/aromatic N) is 4. The van der Waals surface area contributed by atoms with Crippen LogP contribution in [-0.4, -0.2) is 78.7 Å². The van der Waals surface area contributed by atoms with Crippen LogP contribution in [-0.2, 0) is 41.8 Å². The van der Waals surface area contributed by atoms with Crippen molar-refractivity contribution < 1.29 is 23.3 Å². The first-order chi connectivity index (χ1) is 20.6. The van der Waals surface area contributed by atoms with Gasteiger partial charge in [0.1, 0.15) is 5.82 Å². The average Bonchev–Trinajstić information content (AvgIpc) is 3.34. The summed E-state index contributed by atoms with van der Waals surface area (Å²) >= 11 is 6.50. The van der Waals surface area contributed by atoms with Gasteiger partial charge < -0.3 is 21.1 Å². The number of aliphatic hydroxyl groups excluding tert-OH is 1. The van der Waals surface area contributed by atoms with Crippen molar-refractivity contribution in [3.05, 3.63) is 75.7 Å². The summed E-state index contributed by atoms with van der Waals surface area (Å²) in [6.45, 7) is 3.37. The van der Waals surface area contributed by atoms with Crippen molar-refractivity contribution in [2.75, 3.05) is 32.4 Å². The van der Waals surface area contributed by atoms with Crippen LogP contribution >= 0.6 is 11.6 Å². The Balaban J connectivity index is 1.35. The van der Waals surface area contributed by atoms with E-state index in [9.17, 15) is 23.3 Å². The molecule has 0 saturated carbocycles. The first-order valence-electron chi connectivity index (χ1n) is 14.3. The number of amides is 2. The molecule has 13 heteroatoms. The molecule has 0 aliphatic carbocycles. The topological polar surface area (TPSA) is 134 Å². The maximum atomic E-state index is 13.3. The van der Waals surface area contributed by atoms with E-state index in [1.807, 2.05) is 21.1 Å². The summed E-state index contributed by atoms with van der Waals surface area (Å²) < 4.78 is 29.4. The first-order valence-corrected chi connectivity index (χ1v) is 16.2. The molecule has 2 aliphatic rings. The molecule has 2 aliphatic heterocycles. The Morgan fingerprint density at radius 3 is 2.56 bits per heavy atom. The molecule has 1 aromatic heterocycles. The van der Waals surface area contributed by atoms with Gasteiger partial charge in [-0.3, -0.25) is 14.3 Å². The second-order valence-corrected chi connectivity index (χ2v) is 12.9. The van der Waals surface area contributed by atoms with Crippen molar-refractivity contribution in [1.29, 1.82) is 0 Å². The van der Waals surface area contributed by atoms with Crippen LogP contribution in [0.2, 0.25) is 5.02 Å². The number of halogens is 2. The molecule has 230 valence electrons. The highest BCUT2D eigenvalue weighted by Crippen LogP contribution is 2.33. The van der Waals surface area contributed by atoms with Gasteiger partial charge in [-0.2, -0.15) is 5.10 Å². The van der Waals surface area contributed by atoms with Gasteiger partial charge >= 0.3 is 0 Å². The number of piperidine rings is 1. The number of hydrogen-bond acceptors (Lipinski definition) is 6. The Morgan fingerprint density at radius 2 is 1.88 bits per heavy atom. The Morgan fingerprint density at radius 1 is 1.16 bits per heavy atom. The number of benzene rings is 2. The molecule has 3 aromatic rings. The maximum absolute atomic E-state index is 13.3. The predicted octanol–water partition coefficient (Wildman–Crippen LogP) is 2.48. The van der Waals surface area contributed by atoms with Crippen LogP contribution in [0, 0.1) is 11.7 Å². The molecule has 3 heterocycles.